The van der Waals surface area contributed by atoms with Gasteiger partial charge in [-0.1, -0.05) is 12.1 Å². The van der Waals surface area contributed by atoms with Gasteiger partial charge in [-0.25, -0.2) is 0 Å². The van der Waals surface area contributed by atoms with Gasteiger partial charge in [0.2, 0.25) is 5.91 Å². The summed E-state index contributed by atoms with van der Waals surface area (Å²) in [5.41, 5.74) is 7.11. The predicted octanol–water partition coefficient (Wildman–Crippen LogP) is 1.64. The van der Waals surface area contributed by atoms with Gasteiger partial charge in [0.05, 0.1) is 17.4 Å². The van der Waals surface area contributed by atoms with Crippen molar-refractivity contribution in [1.29, 1.82) is 0 Å². The van der Waals surface area contributed by atoms with Crippen molar-refractivity contribution in [2.45, 2.75) is 13.0 Å². The molecule has 1 amide bonds. The Kier molecular flexibility index (Phi) is 4.49. The highest BCUT2D eigenvalue weighted by Gasteiger charge is 2.23. The maximum absolute atomic E-state index is 12.1. The fourth-order valence-electron chi connectivity index (χ4n) is 1.98. The molecule has 98 valence electrons. The molecule has 1 aromatic carbocycles. The lowest BCUT2D eigenvalue weighted by atomic mass is 10.2. The van der Waals surface area contributed by atoms with Gasteiger partial charge in [0.1, 0.15) is 0 Å². The van der Waals surface area contributed by atoms with Crippen LogP contribution in [0.25, 0.3) is 0 Å². The Morgan fingerprint density at radius 1 is 1.39 bits per heavy atom. The van der Waals surface area contributed by atoms with Crippen LogP contribution < -0.4 is 11.1 Å². The minimum atomic E-state index is -0.106. The summed E-state index contributed by atoms with van der Waals surface area (Å²) >= 11 is 1.94. The van der Waals surface area contributed by atoms with Gasteiger partial charge >= 0.3 is 0 Å². The molecule has 1 aromatic rings. The third-order valence-electron chi connectivity index (χ3n) is 3.19. The van der Waals surface area contributed by atoms with E-state index in [2.05, 4.69) is 10.2 Å². The zero-order chi connectivity index (χ0) is 13.0. The van der Waals surface area contributed by atoms with Crippen LogP contribution in [0.1, 0.15) is 6.92 Å². The maximum atomic E-state index is 12.1. The zero-order valence-corrected chi connectivity index (χ0v) is 11.4. The Morgan fingerprint density at radius 2 is 2.06 bits per heavy atom. The second-order valence-corrected chi connectivity index (χ2v) is 5.63. The summed E-state index contributed by atoms with van der Waals surface area (Å²) in [5.74, 6) is 2.22. The highest BCUT2D eigenvalue weighted by Crippen LogP contribution is 2.18. The molecule has 18 heavy (non-hydrogen) atoms. The van der Waals surface area contributed by atoms with Gasteiger partial charge in [-0.15, -0.1) is 0 Å². The number of amides is 1. The SMILES string of the molecule is CC(C(=O)Nc1ccccc1N)N1CCSCC1. The molecule has 4 nitrogen and oxygen atoms in total. The normalized spacial score (nSPS) is 18.3. The number of thioether (sulfide) groups is 1. The monoisotopic (exact) mass is 265 g/mol. The van der Waals surface area contributed by atoms with E-state index in [4.69, 9.17) is 5.73 Å². The van der Waals surface area contributed by atoms with Gasteiger partial charge < -0.3 is 11.1 Å². The summed E-state index contributed by atoms with van der Waals surface area (Å²) in [5, 5.41) is 2.89. The van der Waals surface area contributed by atoms with Crippen molar-refractivity contribution < 1.29 is 4.79 Å². The molecule has 3 N–H and O–H groups in total. The molecule has 5 heteroatoms. The Bertz CT molecular complexity index is 418. The second-order valence-electron chi connectivity index (χ2n) is 4.40. The summed E-state index contributed by atoms with van der Waals surface area (Å²) in [6.45, 7) is 3.90. The summed E-state index contributed by atoms with van der Waals surface area (Å²) in [6.07, 6.45) is 0. The predicted molar refractivity (Wildman–Crippen MR) is 77.8 cm³/mol. The quantitative estimate of drug-likeness (QED) is 0.816. The first-order valence-corrected chi connectivity index (χ1v) is 7.31. The van der Waals surface area contributed by atoms with E-state index in [1.807, 2.05) is 36.9 Å². The number of benzene rings is 1. The molecule has 1 aliphatic heterocycles. The first kappa shape index (κ1) is 13.2. The van der Waals surface area contributed by atoms with Gasteiger partial charge in [0.15, 0.2) is 0 Å². The number of rotatable bonds is 3. The number of carbonyl (C=O) groups is 1. The molecular formula is C13H19N3OS. The highest BCUT2D eigenvalue weighted by molar-refractivity contribution is 7.99. The van der Waals surface area contributed by atoms with Gasteiger partial charge in [0, 0.05) is 24.6 Å². The fraction of sp³-hybridized carbons (Fsp3) is 0.462. The molecule has 0 radical (unpaired) electrons. The van der Waals surface area contributed by atoms with Gasteiger partial charge in [-0.3, -0.25) is 9.69 Å². The van der Waals surface area contributed by atoms with Crippen LogP contribution in [0.2, 0.25) is 0 Å². The van der Waals surface area contributed by atoms with Gasteiger partial charge in [0.25, 0.3) is 0 Å². The molecule has 0 aromatic heterocycles. The average molecular weight is 265 g/mol. The number of hydrogen-bond acceptors (Lipinski definition) is 4. The number of nitrogen functional groups attached to an aromatic ring is 1. The Morgan fingerprint density at radius 3 is 2.72 bits per heavy atom. The fourth-order valence-corrected chi connectivity index (χ4v) is 2.91. The van der Waals surface area contributed by atoms with Crippen LogP contribution in [0.4, 0.5) is 11.4 Å². The first-order chi connectivity index (χ1) is 8.68. The van der Waals surface area contributed by atoms with Crippen molar-refractivity contribution in [3.8, 4) is 0 Å². The van der Waals surface area contributed by atoms with Crippen LogP contribution in [0.3, 0.4) is 0 Å². The van der Waals surface area contributed by atoms with E-state index in [1.165, 1.54) is 0 Å². The van der Waals surface area contributed by atoms with Crippen molar-refractivity contribution in [2.24, 2.45) is 0 Å². The molecule has 1 heterocycles. The Balaban J connectivity index is 1.97. The van der Waals surface area contributed by atoms with Crippen LogP contribution in [-0.2, 0) is 4.79 Å². The standard InChI is InChI=1S/C13H19N3OS/c1-10(16-6-8-18-9-7-16)13(17)15-12-5-3-2-4-11(12)14/h2-5,10H,6-9,14H2,1H3,(H,15,17). The molecular weight excluding hydrogens is 246 g/mol. The Hall–Kier alpha value is -1.20. The molecule has 1 aliphatic rings. The number of nitrogens with two attached hydrogens (primary N) is 1. The molecule has 0 aliphatic carbocycles. The topological polar surface area (TPSA) is 58.4 Å². The van der Waals surface area contributed by atoms with Gasteiger partial charge in [-0.05, 0) is 19.1 Å². The maximum Gasteiger partial charge on any atom is 0.241 e. The Labute approximate surface area is 112 Å². The van der Waals surface area contributed by atoms with Crippen molar-refractivity contribution in [3.63, 3.8) is 0 Å². The lowest BCUT2D eigenvalue weighted by Crippen LogP contribution is -2.46. The lowest BCUT2D eigenvalue weighted by Gasteiger charge is -2.31. The third-order valence-corrected chi connectivity index (χ3v) is 4.13. The first-order valence-electron chi connectivity index (χ1n) is 6.15. The molecule has 1 unspecified atom stereocenters. The van der Waals surface area contributed by atoms with E-state index >= 15 is 0 Å². The molecule has 1 atom stereocenters. The summed E-state index contributed by atoms with van der Waals surface area (Å²) in [6, 6.07) is 7.24. The zero-order valence-electron chi connectivity index (χ0n) is 10.6. The second kappa shape index (κ2) is 6.11. The van der Waals surface area contributed by atoms with E-state index < -0.39 is 0 Å². The minimum Gasteiger partial charge on any atom is -0.397 e. The number of anilines is 2. The molecule has 0 saturated carbocycles. The minimum absolute atomic E-state index is 0.0137. The smallest absolute Gasteiger partial charge is 0.241 e. The van der Waals surface area contributed by atoms with Crippen LogP contribution >= 0.6 is 11.8 Å². The number of para-hydroxylation sites is 2. The van der Waals surface area contributed by atoms with Crippen LogP contribution in [0, 0.1) is 0 Å². The highest BCUT2D eigenvalue weighted by atomic mass is 32.2. The van der Waals surface area contributed by atoms with Crippen LogP contribution in [-0.4, -0.2) is 41.4 Å². The van der Waals surface area contributed by atoms with Crippen molar-refractivity contribution >= 4 is 29.0 Å². The molecule has 0 bridgehead atoms. The number of nitrogens with zero attached hydrogens (tertiary/aromatic N) is 1. The summed E-state index contributed by atoms with van der Waals surface area (Å²) in [7, 11) is 0. The molecule has 1 saturated heterocycles. The number of hydrogen-bond donors (Lipinski definition) is 2. The third kappa shape index (κ3) is 3.17. The summed E-state index contributed by atoms with van der Waals surface area (Å²) in [4.78, 5) is 14.4. The summed E-state index contributed by atoms with van der Waals surface area (Å²) < 4.78 is 0. The molecule has 2 rings (SSSR count). The van der Waals surface area contributed by atoms with E-state index in [9.17, 15) is 4.79 Å². The van der Waals surface area contributed by atoms with Crippen molar-refractivity contribution in [1.82, 2.24) is 4.90 Å². The van der Waals surface area contributed by atoms with Gasteiger partial charge in [-0.2, -0.15) is 11.8 Å². The van der Waals surface area contributed by atoms with E-state index in [-0.39, 0.29) is 11.9 Å². The van der Waals surface area contributed by atoms with Crippen LogP contribution in [0.15, 0.2) is 24.3 Å². The average Bonchev–Trinajstić information content (AvgIpc) is 2.41. The lowest BCUT2D eigenvalue weighted by molar-refractivity contribution is -0.120. The van der Waals surface area contributed by atoms with E-state index in [1.54, 1.807) is 6.07 Å². The number of carbonyl (C=O) groups excluding carboxylic acids is 1. The van der Waals surface area contributed by atoms with E-state index in [0.717, 1.165) is 24.6 Å². The van der Waals surface area contributed by atoms with Crippen molar-refractivity contribution in [3.05, 3.63) is 24.3 Å². The van der Waals surface area contributed by atoms with Crippen molar-refractivity contribution in [2.75, 3.05) is 35.6 Å². The number of nitrogens with one attached hydrogen (secondary N) is 1. The van der Waals surface area contributed by atoms with E-state index in [0.29, 0.717) is 11.4 Å². The molecule has 0 spiro atoms. The largest absolute Gasteiger partial charge is 0.397 e. The van der Waals surface area contributed by atoms with Crippen LogP contribution in [0.5, 0.6) is 0 Å². The molecule has 1 fully saturated rings.